The van der Waals surface area contributed by atoms with Crippen molar-refractivity contribution >= 4 is 34.8 Å². The lowest BCUT2D eigenvalue weighted by molar-refractivity contribution is 0.276. The smallest absolute Gasteiger partial charge is 0.145 e. The fourth-order valence-corrected chi connectivity index (χ4v) is 2.68. The average Bonchev–Trinajstić information content (AvgIpc) is 2.37. The Balaban J connectivity index is 2.70. The Kier molecular flexibility index (Phi) is 4.53. The summed E-state index contributed by atoms with van der Waals surface area (Å²) in [6, 6.07) is 6.53. The number of pyridine rings is 1. The van der Waals surface area contributed by atoms with Crippen LogP contribution in [-0.4, -0.2) is 17.2 Å². The van der Waals surface area contributed by atoms with Gasteiger partial charge in [0.15, 0.2) is 0 Å². The summed E-state index contributed by atoms with van der Waals surface area (Å²) in [7, 11) is 1.52. The molecule has 1 heterocycles. The van der Waals surface area contributed by atoms with E-state index < -0.39 is 0 Å². The predicted octanol–water partition coefficient (Wildman–Crippen LogP) is 4.21. The maximum Gasteiger partial charge on any atom is 0.145 e. The van der Waals surface area contributed by atoms with Crippen LogP contribution in [0, 0.1) is 0 Å². The van der Waals surface area contributed by atoms with Crippen LogP contribution in [0.2, 0.25) is 15.1 Å². The van der Waals surface area contributed by atoms with Gasteiger partial charge in [0.05, 0.1) is 29.5 Å². The molecule has 0 unspecified atom stereocenters. The topological polar surface area (TPSA) is 42.4 Å². The first-order valence-electron chi connectivity index (χ1n) is 5.36. The minimum absolute atomic E-state index is 0.181. The summed E-state index contributed by atoms with van der Waals surface area (Å²) in [5.41, 5.74) is 1.50. The van der Waals surface area contributed by atoms with Crippen LogP contribution in [0.25, 0.3) is 11.3 Å². The molecule has 0 aliphatic heterocycles. The molecule has 2 aromatic rings. The second kappa shape index (κ2) is 5.97. The third-order valence-electron chi connectivity index (χ3n) is 2.54. The largest absolute Gasteiger partial charge is 0.494 e. The summed E-state index contributed by atoms with van der Waals surface area (Å²) in [5, 5.41) is 10.4. The zero-order valence-electron chi connectivity index (χ0n) is 9.95. The molecule has 6 heteroatoms. The van der Waals surface area contributed by atoms with Crippen LogP contribution in [0.3, 0.4) is 0 Å². The Bertz CT molecular complexity index is 594. The summed E-state index contributed by atoms with van der Waals surface area (Å²) in [5.74, 6) is 0.517. The van der Waals surface area contributed by atoms with Crippen LogP contribution in [0.4, 0.5) is 0 Å². The van der Waals surface area contributed by atoms with E-state index in [1.54, 1.807) is 24.3 Å². The number of ether oxygens (including phenoxy) is 1. The summed E-state index contributed by atoms with van der Waals surface area (Å²) in [4.78, 5) is 4.30. The average molecular weight is 319 g/mol. The number of nitrogens with zero attached hydrogens (tertiary/aromatic N) is 1. The molecule has 0 aliphatic rings. The Hall–Kier alpha value is -1.000. The van der Waals surface area contributed by atoms with E-state index in [1.807, 2.05) is 0 Å². The summed E-state index contributed by atoms with van der Waals surface area (Å²) in [6.45, 7) is -0.181. The van der Waals surface area contributed by atoms with Gasteiger partial charge in [-0.15, -0.1) is 0 Å². The highest BCUT2D eigenvalue weighted by atomic mass is 35.5. The Morgan fingerprint density at radius 1 is 1.16 bits per heavy atom. The molecule has 0 bridgehead atoms. The molecule has 0 atom stereocenters. The Morgan fingerprint density at radius 3 is 2.32 bits per heavy atom. The molecular weight excluding hydrogens is 309 g/mol. The number of methoxy groups -OCH3 is 1. The molecule has 100 valence electrons. The maximum absolute atomic E-state index is 9.16. The van der Waals surface area contributed by atoms with E-state index >= 15 is 0 Å². The first-order chi connectivity index (χ1) is 9.06. The molecule has 0 aliphatic carbocycles. The molecule has 1 aromatic carbocycles. The van der Waals surface area contributed by atoms with Crippen molar-refractivity contribution in [2.75, 3.05) is 7.11 Å². The lowest BCUT2D eigenvalue weighted by atomic mass is 10.1. The molecule has 19 heavy (non-hydrogen) atoms. The second-order valence-electron chi connectivity index (χ2n) is 3.76. The molecule has 2 rings (SSSR count). The summed E-state index contributed by atoms with van der Waals surface area (Å²) < 4.78 is 5.25. The molecule has 0 spiro atoms. The third-order valence-corrected chi connectivity index (χ3v) is 3.36. The Morgan fingerprint density at radius 2 is 1.79 bits per heavy atom. The third kappa shape index (κ3) is 2.95. The maximum atomic E-state index is 9.16. The molecule has 0 radical (unpaired) electrons. The second-order valence-corrected chi connectivity index (χ2v) is 5.01. The van der Waals surface area contributed by atoms with E-state index in [1.165, 1.54) is 7.11 Å². The van der Waals surface area contributed by atoms with E-state index in [4.69, 9.17) is 44.6 Å². The summed E-state index contributed by atoms with van der Waals surface area (Å²) >= 11 is 18.2. The minimum atomic E-state index is -0.181. The number of rotatable bonds is 3. The van der Waals surface area contributed by atoms with Crippen LogP contribution in [0.5, 0.6) is 5.75 Å². The van der Waals surface area contributed by atoms with Gasteiger partial charge < -0.3 is 9.84 Å². The number of aliphatic hydroxyl groups excluding tert-OH is 1. The van der Waals surface area contributed by atoms with E-state index in [0.717, 1.165) is 0 Å². The lowest BCUT2D eigenvalue weighted by Gasteiger charge is -2.12. The molecule has 0 fully saturated rings. The number of hydrogen-bond acceptors (Lipinski definition) is 3. The van der Waals surface area contributed by atoms with E-state index in [9.17, 15) is 0 Å². The van der Waals surface area contributed by atoms with Gasteiger partial charge in [0.25, 0.3) is 0 Å². The van der Waals surface area contributed by atoms with Crippen molar-refractivity contribution in [2.45, 2.75) is 6.61 Å². The highest BCUT2D eigenvalue weighted by Crippen LogP contribution is 2.40. The molecule has 0 amide bonds. The molecular formula is C13H10Cl3NO2. The van der Waals surface area contributed by atoms with Gasteiger partial charge in [0.1, 0.15) is 11.4 Å². The van der Waals surface area contributed by atoms with Crippen LogP contribution in [0.1, 0.15) is 5.69 Å². The van der Waals surface area contributed by atoms with Crippen LogP contribution >= 0.6 is 34.8 Å². The fourth-order valence-electron chi connectivity index (χ4n) is 1.69. The molecule has 1 aromatic heterocycles. The Labute approximate surface area is 125 Å². The predicted molar refractivity (Wildman–Crippen MR) is 77.2 cm³/mol. The van der Waals surface area contributed by atoms with Crippen molar-refractivity contribution in [1.82, 2.24) is 4.98 Å². The summed E-state index contributed by atoms with van der Waals surface area (Å²) in [6.07, 6.45) is 0. The molecule has 3 nitrogen and oxygen atoms in total. The van der Waals surface area contributed by atoms with Crippen molar-refractivity contribution in [3.8, 4) is 17.0 Å². The molecule has 1 N–H and O–H groups in total. The van der Waals surface area contributed by atoms with Gasteiger partial charge in [-0.3, -0.25) is 0 Å². The van der Waals surface area contributed by atoms with Gasteiger partial charge in [0, 0.05) is 10.6 Å². The van der Waals surface area contributed by atoms with Crippen molar-refractivity contribution in [1.29, 1.82) is 0 Å². The van der Waals surface area contributed by atoms with Gasteiger partial charge in [-0.05, 0) is 24.3 Å². The minimum Gasteiger partial charge on any atom is -0.494 e. The van der Waals surface area contributed by atoms with Gasteiger partial charge in [0.2, 0.25) is 0 Å². The van der Waals surface area contributed by atoms with Crippen molar-refractivity contribution in [3.05, 3.63) is 45.0 Å². The monoisotopic (exact) mass is 317 g/mol. The highest BCUT2D eigenvalue weighted by molar-refractivity contribution is 6.41. The van der Waals surface area contributed by atoms with Gasteiger partial charge >= 0.3 is 0 Å². The number of halogens is 3. The van der Waals surface area contributed by atoms with Gasteiger partial charge in [-0.2, -0.15) is 0 Å². The lowest BCUT2D eigenvalue weighted by Crippen LogP contribution is -1.97. The van der Waals surface area contributed by atoms with Crippen LogP contribution in [-0.2, 0) is 6.61 Å². The SMILES string of the molecule is COc1ccc(CO)nc1-c1c(Cl)cc(Cl)cc1Cl. The quantitative estimate of drug-likeness (QED) is 0.922. The van der Waals surface area contributed by atoms with Crippen molar-refractivity contribution in [3.63, 3.8) is 0 Å². The fraction of sp³-hybridized carbons (Fsp3) is 0.154. The normalized spacial score (nSPS) is 10.6. The zero-order chi connectivity index (χ0) is 14.0. The van der Waals surface area contributed by atoms with E-state index in [2.05, 4.69) is 4.98 Å². The first kappa shape index (κ1) is 14.4. The number of hydrogen-bond donors (Lipinski definition) is 1. The zero-order valence-corrected chi connectivity index (χ0v) is 12.2. The van der Waals surface area contributed by atoms with Crippen LogP contribution < -0.4 is 4.74 Å². The first-order valence-corrected chi connectivity index (χ1v) is 6.50. The van der Waals surface area contributed by atoms with E-state index in [0.29, 0.717) is 37.8 Å². The highest BCUT2D eigenvalue weighted by Gasteiger charge is 2.16. The van der Waals surface area contributed by atoms with Crippen molar-refractivity contribution < 1.29 is 9.84 Å². The van der Waals surface area contributed by atoms with Crippen molar-refractivity contribution in [2.24, 2.45) is 0 Å². The van der Waals surface area contributed by atoms with Gasteiger partial charge in [-0.1, -0.05) is 34.8 Å². The number of aliphatic hydroxyl groups is 1. The van der Waals surface area contributed by atoms with E-state index in [-0.39, 0.29) is 6.61 Å². The van der Waals surface area contributed by atoms with Crippen LogP contribution in [0.15, 0.2) is 24.3 Å². The number of benzene rings is 1. The number of aromatic nitrogens is 1. The van der Waals surface area contributed by atoms with Gasteiger partial charge in [-0.25, -0.2) is 4.98 Å². The standard InChI is InChI=1S/C13H10Cl3NO2/c1-19-11-3-2-8(6-18)17-13(11)12-9(15)4-7(14)5-10(12)16/h2-5,18H,6H2,1H3. The molecule has 0 saturated heterocycles. The molecule has 0 saturated carbocycles.